The van der Waals surface area contributed by atoms with Crippen LogP contribution >= 0.6 is 0 Å². The standard InChI is InChI=1S/C21H23N5O/c1-4-19(27)23-17-11-8-12-18(13-17)26(3)20-15(2)14-22-21(25-20)24-16-9-6-5-7-10-16/h4-14,19,23,27H,1H2,2-3H3,(H,22,24,25). The Morgan fingerprint density at radius 3 is 2.59 bits per heavy atom. The van der Waals surface area contributed by atoms with E-state index in [1.807, 2.05) is 73.5 Å². The van der Waals surface area contributed by atoms with E-state index in [2.05, 4.69) is 27.2 Å². The van der Waals surface area contributed by atoms with Gasteiger partial charge in [0.1, 0.15) is 12.0 Å². The minimum absolute atomic E-state index is 0.532. The Bertz CT molecular complexity index is 913. The molecule has 1 heterocycles. The van der Waals surface area contributed by atoms with Gasteiger partial charge in [0.05, 0.1) is 0 Å². The molecule has 0 fully saturated rings. The molecule has 3 rings (SSSR count). The van der Waals surface area contributed by atoms with Gasteiger partial charge in [-0.2, -0.15) is 4.98 Å². The molecule has 6 heteroatoms. The second-order valence-electron chi connectivity index (χ2n) is 6.13. The van der Waals surface area contributed by atoms with Crippen molar-refractivity contribution in [3.8, 4) is 0 Å². The van der Waals surface area contributed by atoms with Gasteiger partial charge < -0.3 is 20.6 Å². The molecule has 0 aliphatic heterocycles. The highest BCUT2D eigenvalue weighted by atomic mass is 16.3. The lowest BCUT2D eigenvalue weighted by molar-refractivity contribution is 0.253. The van der Waals surface area contributed by atoms with Gasteiger partial charge in [0.25, 0.3) is 0 Å². The van der Waals surface area contributed by atoms with Crippen LogP contribution in [0.15, 0.2) is 73.4 Å². The lowest BCUT2D eigenvalue weighted by Crippen LogP contribution is -2.17. The number of hydrogen-bond donors (Lipinski definition) is 3. The third kappa shape index (κ3) is 4.62. The second-order valence-corrected chi connectivity index (χ2v) is 6.13. The Kier molecular flexibility index (Phi) is 5.68. The fourth-order valence-electron chi connectivity index (χ4n) is 2.64. The Hall–Kier alpha value is -3.38. The number of anilines is 5. The highest BCUT2D eigenvalue weighted by Crippen LogP contribution is 2.28. The Balaban J connectivity index is 1.86. The van der Waals surface area contributed by atoms with Crippen molar-refractivity contribution in [1.29, 1.82) is 0 Å². The molecule has 0 amide bonds. The topological polar surface area (TPSA) is 73.3 Å². The average Bonchev–Trinajstić information content (AvgIpc) is 2.70. The number of aryl methyl sites for hydroxylation is 1. The van der Waals surface area contributed by atoms with Crippen LogP contribution in [0.2, 0.25) is 0 Å². The van der Waals surface area contributed by atoms with Crippen LogP contribution in [0.4, 0.5) is 28.8 Å². The third-order valence-corrected chi connectivity index (χ3v) is 4.06. The zero-order valence-electron chi connectivity index (χ0n) is 15.4. The molecular formula is C21H23N5O. The van der Waals surface area contributed by atoms with E-state index in [9.17, 15) is 5.11 Å². The summed E-state index contributed by atoms with van der Waals surface area (Å²) in [5.41, 5.74) is 3.62. The van der Waals surface area contributed by atoms with Crippen LogP contribution in [-0.4, -0.2) is 28.4 Å². The number of aromatic nitrogens is 2. The highest BCUT2D eigenvalue weighted by Gasteiger charge is 2.12. The van der Waals surface area contributed by atoms with E-state index in [1.165, 1.54) is 6.08 Å². The average molecular weight is 361 g/mol. The number of para-hydroxylation sites is 1. The lowest BCUT2D eigenvalue weighted by Gasteiger charge is -2.22. The van der Waals surface area contributed by atoms with E-state index in [0.717, 1.165) is 28.4 Å². The van der Waals surface area contributed by atoms with E-state index in [0.29, 0.717) is 5.95 Å². The molecule has 0 saturated heterocycles. The van der Waals surface area contributed by atoms with Crippen molar-refractivity contribution in [3.63, 3.8) is 0 Å². The first kappa shape index (κ1) is 18.4. The van der Waals surface area contributed by atoms with Crippen molar-refractivity contribution in [2.45, 2.75) is 13.2 Å². The van der Waals surface area contributed by atoms with Crippen LogP contribution in [-0.2, 0) is 0 Å². The van der Waals surface area contributed by atoms with Gasteiger partial charge in [-0.05, 0) is 43.3 Å². The Labute approximate surface area is 159 Å². The van der Waals surface area contributed by atoms with Crippen molar-refractivity contribution in [1.82, 2.24) is 9.97 Å². The van der Waals surface area contributed by atoms with E-state index in [4.69, 9.17) is 0 Å². The molecule has 0 aliphatic rings. The molecule has 0 radical (unpaired) electrons. The van der Waals surface area contributed by atoms with Gasteiger partial charge in [-0.3, -0.25) is 0 Å². The molecule has 0 bridgehead atoms. The van der Waals surface area contributed by atoms with E-state index in [-0.39, 0.29) is 0 Å². The minimum Gasteiger partial charge on any atom is -0.370 e. The Morgan fingerprint density at radius 2 is 1.85 bits per heavy atom. The predicted octanol–water partition coefficient (Wildman–Crippen LogP) is 4.21. The molecule has 0 spiro atoms. The molecule has 0 aliphatic carbocycles. The maximum absolute atomic E-state index is 9.71. The third-order valence-electron chi connectivity index (χ3n) is 4.06. The van der Waals surface area contributed by atoms with Crippen LogP contribution < -0.4 is 15.5 Å². The van der Waals surface area contributed by atoms with Crippen LogP contribution in [0.1, 0.15) is 5.56 Å². The van der Waals surface area contributed by atoms with Gasteiger partial charge in [0.15, 0.2) is 0 Å². The van der Waals surface area contributed by atoms with Crippen molar-refractivity contribution in [2.24, 2.45) is 0 Å². The Morgan fingerprint density at radius 1 is 1.11 bits per heavy atom. The van der Waals surface area contributed by atoms with Gasteiger partial charge >= 0.3 is 0 Å². The second kappa shape index (κ2) is 8.33. The molecular weight excluding hydrogens is 338 g/mol. The highest BCUT2D eigenvalue weighted by molar-refractivity contribution is 5.67. The first-order chi connectivity index (χ1) is 13.1. The van der Waals surface area contributed by atoms with Crippen molar-refractivity contribution < 1.29 is 5.11 Å². The van der Waals surface area contributed by atoms with Gasteiger partial charge in [-0.25, -0.2) is 4.98 Å². The smallest absolute Gasteiger partial charge is 0.229 e. The molecule has 138 valence electrons. The first-order valence-electron chi connectivity index (χ1n) is 8.63. The SMILES string of the molecule is C=CC(O)Nc1cccc(N(C)c2nc(Nc3ccccc3)ncc2C)c1. The number of rotatable bonds is 7. The summed E-state index contributed by atoms with van der Waals surface area (Å²) in [6.07, 6.45) is 2.44. The van der Waals surface area contributed by atoms with Crippen LogP contribution in [0.5, 0.6) is 0 Å². The number of benzene rings is 2. The molecule has 3 aromatic rings. The number of aliphatic hydroxyl groups excluding tert-OH is 1. The molecule has 1 unspecified atom stereocenters. The fourth-order valence-corrected chi connectivity index (χ4v) is 2.64. The molecule has 2 aromatic carbocycles. The first-order valence-corrected chi connectivity index (χ1v) is 8.63. The molecule has 1 atom stereocenters. The summed E-state index contributed by atoms with van der Waals surface area (Å²) in [6, 6.07) is 17.5. The molecule has 3 N–H and O–H groups in total. The van der Waals surface area contributed by atoms with Crippen LogP contribution in [0.3, 0.4) is 0 Å². The molecule has 6 nitrogen and oxygen atoms in total. The number of nitrogens with one attached hydrogen (secondary N) is 2. The van der Waals surface area contributed by atoms with Gasteiger partial charge in [-0.1, -0.05) is 30.8 Å². The van der Waals surface area contributed by atoms with Gasteiger partial charge in [-0.15, -0.1) is 0 Å². The largest absolute Gasteiger partial charge is 0.370 e. The van der Waals surface area contributed by atoms with E-state index >= 15 is 0 Å². The predicted molar refractivity (Wildman–Crippen MR) is 111 cm³/mol. The monoisotopic (exact) mass is 361 g/mol. The van der Waals surface area contributed by atoms with Crippen LogP contribution in [0.25, 0.3) is 0 Å². The number of aliphatic hydroxyl groups is 1. The summed E-state index contributed by atoms with van der Waals surface area (Å²) in [6.45, 7) is 5.54. The summed E-state index contributed by atoms with van der Waals surface area (Å²) >= 11 is 0. The van der Waals surface area contributed by atoms with Crippen molar-refractivity contribution >= 4 is 28.8 Å². The quantitative estimate of drug-likeness (QED) is 0.432. The summed E-state index contributed by atoms with van der Waals surface area (Å²) in [5, 5.41) is 15.9. The van der Waals surface area contributed by atoms with Crippen molar-refractivity contribution in [2.75, 3.05) is 22.6 Å². The maximum Gasteiger partial charge on any atom is 0.229 e. The normalized spacial score (nSPS) is 11.5. The molecule has 27 heavy (non-hydrogen) atoms. The van der Waals surface area contributed by atoms with E-state index in [1.54, 1.807) is 6.20 Å². The van der Waals surface area contributed by atoms with E-state index < -0.39 is 6.23 Å². The minimum atomic E-state index is -0.798. The summed E-state index contributed by atoms with van der Waals surface area (Å²) < 4.78 is 0. The maximum atomic E-state index is 9.71. The molecule has 0 saturated carbocycles. The molecule has 1 aromatic heterocycles. The van der Waals surface area contributed by atoms with Crippen LogP contribution in [0, 0.1) is 6.92 Å². The van der Waals surface area contributed by atoms with Crippen molar-refractivity contribution in [3.05, 3.63) is 79.0 Å². The lowest BCUT2D eigenvalue weighted by atomic mass is 10.2. The summed E-state index contributed by atoms with van der Waals surface area (Å²) in [4.78, 5) is 11.0. The summed E-state index contributed by atoms with van der Waals surface area (Å²) in [5.74, 6) is 1.33. The zero-order valence-corrected chi connectivity index (χ0v) is 15.4. The fraction of sp³-hybridized carbons (Fsp3) is 0.143. The van der Waals surface area contributed by atoms with Gasteiger partial charge in [0, 0.05) is 35.9 Å². The number of nitrogens with zero attached hydrogens (tertiary/aromatic N) is 3. The number of hydrogen-bond acceptors (Lipinski definition) is 6. The summed E-state index contributed by atoms with van der Waals surface area (Å²) in [7, 11) is 1.95. The zero-order chi connectivity index (χ0) is 19.2. The van der Waals surface area contributed by atoms with Gasteiger partial charge in [0.2, 0.25) is 5.95 Å².